The minimum Gasteiger partial charge on any atom is -0.388 e. The molecular weight excluding hydrogens is 148 g/mol. The van der Waals surface area contributed by atoms with E-state index in [4.69, 9.17) is 14.2 Å². The average molecular weight is 160 g/mol. The molecule has 0 spiro atoms. The van der Waals surface area contributed by atoms with Gasteiger partial charge in [-0.2, -0.15) is 0 Å². The van der Waals surface area contributed by atoms with Gasteiger partial charge in [-0.1, -0.05) is 0 Å². The Hall–Kier alpha value is -0.160. The van der Waals surface area contributed by atoms with Crippen LogP contribution in [0.25, 0.3) is 0 Å². The second-order valence-electron chi connectivity index (χ2n) is 3.37. The van der Waals surface area contributed by atoms with Gasteiger partial charge in [-0.15, -0.1) is 0 Å². The number of ether oxygens (including phenoxy) is 3. The largest absolute Gasteiger partial charge is 0.388 e. The molecule has 2 aliphatic heterocycles. The lowest BCUT2D eigenvalue weighted by Crippen LogP contribution is -2.29. The standard InChI is InChI=1S/C7H12O4/c1-7(2)10-5-4(8)3-9-6(5)11-7/h4-6,8H,3H2,1-2H3/t4-,5+,6-/m0/s1. The first-order valence-corrected chi connectivity index (χ1v) is 3.74. The minimum atomic E-state index is -0.614. The lowest BCUT2D eigenvalue weighted by molar-refractivity contribution is -0.200. The van der Waals surface area contributed by atoms with Gasteiger partial charge in [-0.25, -0.2) is 0 Å². The zero-order chi connectivity index (χ0) is 8.06. The summed E-state index contributed by atoms with van der Waals surface area (Å²) in [5.74, 6) is -0.614. The van der Waals surface area contributed by atoms with Crippen molar-refractivity contribution in [3.8, 4) is 0 Å². The summed E-state index contributed by atoms with van der Waals surface area (Å²) >= 11 is 0. The van der Waals surface area contributed by atoms with Crippen LogP contribution in [0.4, 0.5) is 0 Å². The van der Waals surface area contributed by atoms with Crippen LogP contribution in [0.5, 0.6) is 0 Å². The predicted octanol–water partition coefficient (Wildman–Crippen LogP) is -0.145. The Balaban J connectivity index is 2.10. The van der Waals surface area contributed by atoms with Gasteiger partial charge in [0.1, 0.15) is 12.2 Å². The zero-order valence-corrected chi connectivity index (χ0v) is 6.61. The first-order chi connectivity index (χ1) is 5.08. The van der Waals surface area contributed by atoms with Gasteiger partial charge in [0.05, 0.1) is 6.61 Å². The van der Waals surface area contributed by atoms with Crippen LogP contribution >= 0.6 is 0 Å². The Morgan fingerprint density at radius 1 is 1.36 bits per heavy atom. The molecule has 0 bridgehead atoms. The molecule has 64 valence electrons. The predicted molar refractivity (Wildman–Crippen MR) is 35.8 cm³/mol. The lowest BCUT2D eigenvalue weighted by Gasteiger charge is -2.18. The van der Waals surface area contributed by atoms with Gasteiger partial charge >= 0.3 is 0 Å². The number of fused-ring (bicyclic) bond motifs is 1. The van der Waals surface area contributed by atoms with E-state index in [0.29, 0.717) is 6.61 Å². The molecule has 2 saturated heterocycles. The SMILES string of the molecule is CC1(C)O[C@@H]2OC[C@H](O)[C@H]2O1. The van der Waals surface area contributed by atoms with Gasteiger partial charge in [0.15, 0.2) is 12.1 Å². The van der Waals surface area contributed by atoms with E-state index in [1.807, 2.05) is 0 Å². The molecule has 0 aromatic heterocycles. The van der Waals surface area contributed by atoms with Crippen LogP contribution in [0.3, 0.4) is 0 Å². The normalized spacial score (nSPS) is 47.7. The first-order valence-electron chi connectivity index (χ1n) is 3.74. The molecule has 2 aliphatic rings. The van der Waals surface area contributed by atoms with E-state index in [2.05, 4.69) is 0 Å². The topological polar surface area (TPSA) is 47.9 Å². The van der Waals surface area contributed by atoms with Crippen LogP contribution in [-0.2, 0) is 14.2 Å². The Bertz CT molecular complexity index is 168. The maximum Gasteiger partial charge on any atom is 0.189 e. The number of hydrogen-bond acceptors (Lipinski definition) is 4. The van der Waals surface area contributed by atoms with Crippen molar-refractivity contribution in [2.24, 2.45) is 0 Å². The van der Waals surface area contributed by atoms with Crippen molar-refractivity contribution in [1.82, 2.24) is 0 Å². The fraction of sp³-hybridized carbons (Fsp3) is 1.00. The van der Waals surface area contributed by atoms with Gasteiger partial charge in [0.25, 0.3) is 0 Å². The molecular formula is C7H12O4. The molecule has 2 heterocycles. The highest BCUT2D eigenvalue weighted by molar-refractivity contribution is 4.86. The van der Waals surface area contributed by atoms with Gasteiger partial charge in [-0.05, 0) is 13.8 Å². The second-order valence-corrected chi connectivity index (χ2v) is 3.37. The molecule has 0 unspecified atom stereocenters. The molecule has 4 nitrogen and oxygen atoms in total. The smallest absolute Gasteiger partial charge is 0.189 e. The lowest BCUT2D eigenvalue weighted by atomic mass is 10.2. The number of aliphatic hydroxyl groups is 1. The molecule has 2 fully saturated rings. The van der Waals surface area contributed by atoms with Crippen molar-refractivity contribution in [2.45, 2.75) is 38.1 Å². The highest BCUT2D eigenvalue weighted by Crippen LogP contribution is 2.34. The molecule has 4 heteroatoms. The summed E-state index contributed by atoms with van der Waals surface area (Å²) in [7, 11) is 0. The van der Waals surface area contributed by atoms with Crippen LogP contribution < -0.4 is 0 Å². The Morgan fingerprint density at radius 3 is 2.73 bits per heavy atom. The van der Waals surface area contributed by atoms with Crippen molar-refractivity contribution < 1.29 is 19.3 Å². The summed E-state index contributed by atoms with van der Waals surface area (Å²) in [5.41, 5.74) is 0. The molecule has 0 saturated carbocycles. The maximum absolute atomic E-state index is 9.30. The molecule has 0 aliphatic carbocycles. The third-order valence-corrected chi connectivity index (χ3v) is 1.90. The monoisotopic (exact) mass is 160 g/mol. The Morgan fingerprint density at radius 2 is 2.09 bits per heavy atom. The van der Waals surface area contributed by atoms with Crippen LogP contribution in [0, 0.1) is 0 Å². The summed E-state index contributed by atoms with van der Waals surface area (Å²) < 4.78 is 15.9. The molecule has 2 rings (SSSR count). The summed E-state index contributed by atoms with van der Waals surface area (Å²) in [6.45, 7) is 3.92. The van der Waals surface area contributed by atoms with Crippen LogP contribution in [0.15, 0.2) is 0 Å². The summed E-state index contributed by atoms with van der Waals surface area (Å²) in [5, 5.41) is 9.30. The van der Waals surface area contributed by atoms with Crippen molar-refractivity contribution in [1.29, 1.82) is 0 Å². The molecule has 0 radical (unpaired) electrons. The number of aliphatic hydroxyl groups excluding tert-OH is 1. The van der Waals surface area contributed by atoms with Gasteiger partial charge < -0.3 is 19.3 Å². The Labute approximate surface area is 65.1 Å². The van der Waals surface area contributed by atoms with E-state index in [0.717, 1.165) is 0 Å². The average Bonchev–Trinajstić information content (AvgIpc) is 2.31. The molecule has 0 aromatic rings. The van der Waals surface area contributed by atoms with E-state index < -0.39 is 11.9 Å². The van der Waals surface area contributed by atoms with Gasteiger partial charge in [0.2, 0.25) is 0 Å². The van der Waals surface area contributed by atoms with E-state index >= 15 is 0 Å². The quantitative estimate of drug-likeness (QED) is 0.535. The third kappa shape index (κ3) is 1.16. The van der Waals surface area contributed by atoms with E-state index in [-0.39, 0.29) is 12.4 Å². The van der Waals surface area contributed by atoms with Crippen LogP contribution in [0.2, 0.25) is 0 Å². The highest BCUT2D eigenvalue weighted by atomic mass is 16.8. The van der Waals surface area contributed by atoms with E-state index in [9.17, 15) is 5.11 Å². The highest BCUT2D eigenvalue weighted by Gasteiger charge is 2.49. The summed E-state index contributed by atoms with van der Waals surface area (Å²) in [4.78, 5) is 0. The maximum atomic E-state index is 9.30. The van der Waals surface area contributed by atoms with E-state index in [1.54, 1.807) is 13.8 Å². The van der Waals surface area contributed by atoms with Crippen LogP contribution in [-0.4, -0.2) is 36.0 Å². The molecule has 0 aromatic carbocycles. The minimum absolute atomic E-state index is 0.301. The molecule has 1 N–H and O–H groups in total. The van der Waals surface area contributed by atoms with Crippen LogP contribution in [0.1, 0.15) is 13.8 Å². The fourth-order valence-corrected chi connectivity index (χ4v) is 1.43. The summed E-state index contributed by atoms with van der Waals surface area (Å²) in [6.07, 6.45) is -1.22. The number of hydrogen-bond donors (Lipinski definition) is 1. The second kappa shape index (κ2) is 2.17. The van der Waals surface area contributed by atoms with Gasteiger partial charge in [-0.3, -0.25) is 0 Å². The molecule has 3 atom stereocenters. The van der Waals surface area contributed by atoms with Crippen molar-refractivity contribution in [3.05, 3.63) is 0 Å². The fourth-order valence-electron chi connectivity index (χ4n) is 1.43. The first kappa shape index (κ1) is 7.49. The number of rotatable bonds is 0. The van der Waals surface area contributed by atoms with Crippen molar-refractivity contribution in [2.75, 3.05) is 6.61 Å². The van der Waals surface area contributed by atoms with Crippen molar-refractivity contribution >= 4 is 0 Å². The van der Waals surface area contributed by atoms with E-state index in [1.165, 1.54) is 0 Å². The molecule has 11 heavy (non-hydrogen) atoms. The van der Waals surface area contributed by atoms with Crippen molar-refractivity contribution in [3.63, 3.8) is 0 Å². The molecule has 0 amide bonds. The Kier molecular flexibility index (Phi) is 1.47. The zero-order valence-electron chi connectivity index (χ0n) is 6.61. The van der Waals surface area contributed by atoms with Gasteiger partial charge in [0, 0.05) is 0 Å². The third-order valence-electron chi connectivity index (χ3n) is 1.90. The summed E-state index contributed by atoms with van der Waals surface area (Å²) in [6, 6.07) is 0.